The van der Waals surface area contributed by atoms with Gasteiger partial charge in [0, 0.05) is 12.6 Å². The summed E-state index contributed by atoms with van der Waals surface area (Å²) in [5.41, 5.74) is 2.32. The highest BCUT2D eigenvalue weighted by Crippen LogP contribution is 2.20. The van der Waals surface area contributed by atoms with Crippen molar-refractivity contribution in [3.63, 3.8) is 0 Å². The molecule has 1 saturated carbocycles. The van der Waals surface area contributed by atoms with Crippen LogP contribution in [0, 0.1) is 0 Å². The second-order valence-electron chi connectivity index (χ2n) is 4.30. The Morgan fingerprint density at radius 3 is 2.93 bits per heavy atom. The summed E-state index contributed by atoms with van der Waals surface area (Å²) in [5.74, 6) is 0. The molecule has 2 heteroatoms. The number of aliphatic hydroxyl groups is 1. The molecule has 1 atom stereocenters. The van der Waals surface area contributed by atoms with Crippen molar-refractivity contribution in [1.82, 2.24) is 5.32 Å². The zero-order valence-corrected chi connectivity index (χ0v) is 9.24. The molecule has 1 aliphatic rings. The predicted octanol–water partition coefficient (Wildman–Crippen LogP) is 2.03. The Morgan fingerprint density at radius 2 is 2.27 bits per heavy atom. The first-order chi connectivity index (χ1) is 7.29. The monoisotopic (exact) mass is 205 g/mol. The molecule has 1 aliphatic carbocycles. The van der Waals surface area contributed by atoms with Gasteiger partial charge in [-0.25, -0.2) is 0 Å². The highest BCUT2D eigenvalue weighted by molar-refractivity contribution is 5.25. The molecule has 82 valence electrons. The van der Waals surface area contributed by atoms with Crippen LogP contribution in [-0.4, -0.2) is 17.7 Å². The third-order valence-electron chi connectivity index (χ3n) is 2.92. The molecule has 2 N–H and O–H groups in total. The lowest BCUT2D eigenvalue weighted by Gasteiger charge is -2.12. The van der Waals surface area contributed by atoms with E-state index in [-0.39, 0.29) is 6.10 Å². The fourth-order valence-electron chi connectivity index (χ4n) is 1.70. The molecule has 0 spiro atoms. The van der Waals surface area contributed by atoms with Crippen molar-refractivity contribution in [2.75, 3.05) is 6.54 Å². The van der Waals surface area contributed by atoms with Gasteiger partial charge in [0.2, 0.25) is 0 Å². The van der Waals surface area contributed by atoms with Gasteiger partial charge in [-0.3, -0.25) is 0 Å². The SMILES string of the molecule is CCc1cccc(C(O)CNC2CC2)c1. The summed E-state index contributed by atoms with van der Waals surface area (Å²) in [7, 11) is 0. The van der Waals surface area contributed by atoms with E-state index < -0.39 is 0 Å². The van der Waals surface area contributed by atoms with Gasteiger partial charge in [-0.1, -0.05) is 31.2 Å². The van der Waals surface area contributed by atoms with Crippen LogP contribution in [0.5, 0.6) is 0 Å². The topological polar surface area (TPSA) is 32.3 Å². The molecule has 1 aromatic carbocycles. The summed E-state index contributed by atoms with van der Waals surface area (Å²) in [6.45, 7) is 2.81. The largest absolute Gasteiger partial charge is 0.387 e. The third-order valence-corrected chi connectivity index (χ3v) is 2.92. The van der Waals surface area contributed by atoms with Crippen LogP contribution < -0.4 is 5.32 Å². The number of hydrogen-bond acceptors (Lipinski definition) is 2. The van der Waals surface area contributed by atoms with Gasteiger partial charge in [0.15, 0.2) is 0 Å². The molecule has 0 amide bonds. The van der Waals surface area contributed by atoms with Crippen LogP contribution in [0.3, 0.4) is 0 Å². The smallest absolute Gasteiger partial charge is 0.0914 e. The maximum absolute atomic E-state index is 9.95. The van der Waals surface area contributed by atoms with Gasteiger partial charge in [-0.05, 0) is 30.4 Å². The quantitative estimate of drug-likeness (QED) is 0.771. The summed E-state index contributed by atoms with van der Waals surface area (Å²) < 4.78 is 0. The first-order valence-electron chi connectivity index (χ1n) is 5.80. The molecule has 0 saturated heterocycles. The number of benzene rings is 1. The van der Waals surface area contributed by atoms with Gasteiger partial charge in [0.1, 0.15) is 0 Å². The summed E-state index contributed by atoms with van der Waals surface area (Å²) in [4.78, 5) is 0. The van der Waals surface area contributed by atoms with Crippen molar-refractivity contribution in [3.05, 3.63) is 35.4 Å². The van der Waals surface area contributed by atoms with E-state index in [0.29, 0.717) is 12.6 Å². The van der Waals surface area contributed by atoms with Crippen LogP contribution in [0.2, 0.25) is 0 Å². The molecule has 0 aliphatic heterocycles. The van der Waals surface area contributed by atoms with Gasteiger partial charge in [0.05, 0.1) is 6.10 Å². The van der Waals surface area contributed by atoms with Crippen LogP contribution >= 0.6 is 0 Å². The molecule has 0 aromatic heterocycles. The van der Waals surface area contributed by atoms with E-state index in [4.69, 9.17) is 0 Å². The maximum atomic E-state index is 9.95. The van der Waals surface area contributed by atoms with Crippen LogP contribution in [0.4, 0.5) is 0 Å². The standard InChI is InChI=1S/C13H19NO/c1-2-10-4-3-5-11(8-10)13(15)9-14-12-6-7-12/h3-5,8,12-15H,2,6-7,9H2,1H3. The molecular weight excluding hydrogens is 186 g/mol. The Balaban J connectivity index is 1.93. The Morgan fingerprint density at radius 1 is 1.47 bits per heavy atom. The van der Waals surface area contributed by atoms with E-state index in [9.17, 15) is 5.11 Å². The van der Waals surface area contributed by atoms with Gasteiger partial charge in [0.25, 0.3) is 0 Å². The highest BCUT2D eigenvalue weighted by Gasteiger charge is 2.21. The van der Waals surface area contributed by atoms with Crippen molar-refractivity contribution in [2.45, 2.75) is 38.3 Å². The van der Waals surface area contributed by atoms with Crippen molar-refractivity contribution in [1.29, 1.82) is 0 Å². The number of aryl methyl sites for hydroxylation is 1. The average molecular weight is 205 g/mol. The molecule has 1 fully saturated rings. The Labute approximate surface area is 91.3 Å². The summed E-state index contributed by atoms with van der Waals surface area (Å²) in [6, 6.07) is 8.88. The zero-order chi connectivity index (χ0) is 10.7. The van der Waals surface area contributed by atoms with E-state index in [1.165, 1.54) is 18.4 Å². The first kappa shape index (κ1) is 10.7. The van der Waals surface area contributed by atoms with Crippen LogP contribution in [0.15, 0.2) is 24.3 Å². The third kappa shape index (κ3) is 3.05. The van der Waals surface area contributed by atoms with E-state index in [1.807, 2.05) is 12.1 Å². The van der Waals surface area contributed by atoms with Gasteiger partial charge in [-0.2, -0.15) is 0 Å². The van der Waals surface area contributed by atoms with Gasteiger partial charge < -0.3 is 10.4 Å². The Bertz CT molecular complexity index is 320. The minimum atomic E-state index is -0.364. The molecule has 1 aromatic rings. The Kier molecular flexibility index (Phi) is 3.39. The number of hydrogen-bond donors (Lipinski definition) is 2. The summed E-state index contributed by atoms with van der Waals surface area (Å²) >= 11 is 0. The molecular formula is C13H19NO. The molecule has 2 nitrogen and oxygen atoms in total. The number of aliphatic hydroxyl groups excluding tert-OH is 1. The fourth-order valence-corrected chi connectivity index (χ4v) is 1.70. The minimum Gasteiger partial charge on any atom is -0.387 e. The lowest BCUT2D eigenvalue weighted by Crippen LogP contribution is -2.23. The maximum Gasteiger partial charge on any atom is 0.0914 e. The van der Waals surface area contributed by atoms with Crippen molar-refractivity contribution in [3.8, 4) is 0 Å². The normalized spacial score (nSPS) is 17.7. The Hall–Kier alpha value is -0.860. The van der Waals surface area contributed by atoms with E-state index >= 15 is 0 Å². The van der Waals surface area contributed by atoms with Gasteiger partial charge >= 0.3 is 0 Å². The fraction of sp³-hybridized carbons (Fsp3) is 0.538. The van der Waals surface area contributed by atoms with E-state index in [2.05, 4.69) is 24.4 Å². The molecule has 0 bridgehead atoms. The number of nitrogens with one attached hydrogen (secondary N) is 1. The first-order valence-corrected chi connectivity index (χ1v) is 5.80. The molecule has 1 unspecified atom stereocenters. The van der Waals surface area contributed by atoms with E-state index in [0.717, 1.165) is 12.0 Å². The summed E-state index contributed by atoms with van der Waals surface area (Å²) in [6.07, 6.45) is 3.19. The molecule has 0 radical (unpaired) electrons. The van der Waals surface area contributed by atoms with Crippen molar-refractivity contribution >= 4 is 0 Å². The molecule has 2 rings (SSSR count). The van der Waals surface area contributed by atoms with E-state index in [1.54, 1.807) is 0 Å². The van der Waals surface area contributed by atoms with Crippen molar-refractivity contribution < 1.29 is 5.11 Å². The predicted molar refractivity (Wildman–Crippen MR) is 61.8 cm³/mol. The second kappa shape index (κ2) is 4.77. The second-order valence-corrected chi connectivity index (χ2v) is 4.30. The highest BCUT2D eigenvalue weighted by atomic mass is 16.3. The van der Waals surface area contributed by atoms with Gasteiger partial charge in [-0.15, -0.1) is 0 Å². The van der Waals surface area contributed by atoms with Crippen LogP contribution in [0.25, 0.3) is 0 Å². The minimum absolute atomic E-state index is 0.364. The zero-order valence-electron chi connectivity index (χ0n) is 9.24. The van der Waals surface area contributed by atoms with Crippen LogP contribution in [0.1, 0.15) is 37.0 Å². The summed E-state index contributed by atoms with van der Waals surface area (Å²) in [5, 5.41) is 13.3. The number of rotatable bonds is 5. The lowest BCUT2D eigenvalue weighted by atomic mass is 10.0. The van der Waals surface area contributed by atoms with Crippen molar-refractivity contribution in [2.24, 2.45) is 0 Å². The molecule has 0 heterocycles. The average Bonchev–Trinajstić information content (AvgIpc) is 3.10. The molecule has 15 heavy (non-hydrogen) atoms. The lowest BCUT2D eigenvalue weighted by molar-refractivity contribution is 0.174. The van der Waals surface area contributed by atoms with Crippen LogP contribution in [-0.2, 0) is 6.42 Å².